The molecule has 0 unspecified atom stereocenters. The van der Waals surface area contributed by atoms with E-state index in [0.29, 0.717) is 5.75 Å². The molecule has 0 amide bonds. The number of aryl methyl sites for hydroxylation is 1. The fourth-order valence-corrected chi connectivity index (χ4v) is 1.66. The fourth-order valence-electron chi connectivity index (χ4n) is 1.66. The molecule has 0 aliphatic heterocycles. The molecule has 0 saturated heterocycles. The monoisotopic (exact) mass is 177 g/mol. The van der Waals surface area contributed by atoms with E-state index in [1.54, 1.807) is 19.2 Å². The summed E-state index contributed by atoms with van der Waals surface area (Å²) in [6.07, 6.45) is 1.83. The molecule has 0 heterocycles. The number of aromatic hydroxyl groups is 1. The van der Waals surface area contributed by atoms with Gasteiger partial charge in [0.05, 0.1) is 5.71 Å². The molecule has 1 aliphatic carbocycles. The Balaban J connectivity index is 2.44. The van der Waals surface area contributed by atoms with Gasteiger partial charge in [-0.2, -0.15) is 0 Å². The minimum Gasteiger partial charge on any atom is -0.508 e. The van der Waals surface area contributed by atoms with E-state index in [-0.39, 0.29) is 0 Å². The van der Waals surface area contributed by atoms with Gasteiger partial charge in [0.25, 0.3) is 0 Å². The third-order valence-corrected chi connectivity index (χ3v) is 2.23. The molecular formula is C10H11NO2. The minimum atomic E-state index is 0.317. The third-order valence-electron chi connectivity index (χ3n) is 2.23. The number of rotatable bonds is 1. The van der Waals surface area contributed by atoms with Gasteiger partial charge in [0, 0.05) is 5.56 Å². The van der Waals surface area contributed by atoms with Gasteiger partial charge in [0.2, 0.25) is 0 Å². The molecule has 13 heavy (non-hydrogen) atoms. The van der Waals surface area contributed by atoms with Crippen LogP contribution < -0.4 is 0 Å². The summed E-state index contributed by atoms with van der Waals surface area (Å²) in [6, 6.07) is 5.35. The summed E-state index contributed by atoms with van der Waals surface area (Å²) < 4.78 is 0. The van der Waals surface area contributed by atoms with E-state index in [0.717, 1.165) is 29.7 Å². The highest BCUT2D eigenvalue weighted by atomic mass is 16.6. The normalized spacial score (nSPS) is 17.5. The van der Waals surface area contributed by atoms with Crippen molar-refractivity contribution < 1.29 is 9.94 Å². The summed E-state index contributed by atoms with van der Waals surface area (Å²) >= 11 is 0. The zero-order chi connectivity index (χ0) is 9.26. The summed E-state index contributed by atoms with van der Waals surface area (Å²) in [5, 5.41) is 13.2. The smallest absolute Gasteiger partial charge is 0.115 e. The molecule has 1 aromatic carbocycles. The van der Waals surface area contributed by atoms with Crippen molar-refractivity contribution in [2.75, 3.05) is 7.11 Å². The summed E-state index contributed by atoms with van der Waals surface area (Å²) in [5.74, 6) is 0.317. The molecule has 1 aliphatic rings. The molecule has 2 rings (SSSR count). The molecule has 3 heteroatoms. The molecule has 68 valence electrons. The molecule has 3 nitrogen and oxygen atoms in total. The fraction of sp³-hybridized carbons (Fsp3) is 0.300. The number of phenolic OH excluding ortho intramolecular Hbond substituents is 1. The van der Waals surface area contributed by atoms with Crippen molar-refractivity contribution in [3.8, 4) is 5.75 Å². The summed E-state index contributed by atoms with van der Waals surface area (Å²) in [7, 11) is 1.55. The maximum absolute atomic E-state index is 9.24. The Labute approximate surface area is 76.6 Å². The molecule has 0 spiro atoms. The van der Waals surface area contributed by atoms with Crippen LogP contribution in [0.2, 0.25) is 0 Å². The molecular weight excluding hydrogens is 166 g/mol. The number of nitrogens with zero attached hydrogens (tertiary/aromatic N) is 1. The van der Waals surface area contributed by atoms with Crippen LogP contribution in [0.15, 0.2) is 23.4 Å². The van der Waals surface area contributed by atoms with E-state index in [9.17, 15) is 5.11 Å². The zero-order valence-electron chi connectivity index (χ0n) is 7.45. The van der Waals surface area contributed by atoms with Crippen LogP contribution >= 0.6 is 0 Å². The molecule has 1 N–H and O–H groups in total. The molecule has 0 radical (unpaired) electrons. The van der Waals surface area contributed by atoms with Crippen molar-refractivity contribution in [1.82, 2.24) is 0 Å². The van der Waals surface area contributed by atoms with E-state index in [1.807, 2.05) is 6.07 Å². The molecule has 0 saturated carbocycles. The summed E-state index contributed by atoms with van der Waals surface area (Å²) in [6.45, 7) is 0. The van der Waals surface area contributed by atoms with Gasteiger partial charge in [-0.3, -0.25) is 0 Å². The first-order chi connectivity index (χ1) is 6.31. The van der Waals surface area contributed by atoms with Crippen LogP contribution in [0.25, 0.3) is 0 Å². The average molecular weight is 177 g/mol. The van der Waals surface area contributed by atoms with E-state index in [4.69, 9.17) is 4.84 Å². The maximum Gasteiger partial charge on any atom is 0.115 e. The largest absolute Gasteiger partial charge is 0.508 e. The SMILES string of the molecule is CON=C1CCc2cc(O)ccc21. The van der Waals surface area contributed by atoms with Gasteiger partial charge in [-0.15, -0.1) is 0 Å². The van der Waals surface area contributed by atoms with Gasteiger partial charge in [0.1, 0.15) is 12.9 Å². The molecule has 0 aromatic heterocycles. The van der Waals surface area contributed by atoms with Crippen LogP contribution in [-0.2, 0) is 11.3 Å². The van der Waals surface area contributed by atoms with Gasteiger partial charge >= 0.3 is 0 Å². The average Bonchev–Trinajstić information content (AvgIpc) is 2.49. The summed E-state index contributed by atoms with van der Waals surface area (Å²) in [4.78, 5) is 4.74. The number of benzene rings is 1. The Hall–Kier alpha value is -1.51. The van der Waals surface area contributed by atoms with Crippen molar-refractivity contribution in [2.45, 2.75) is 12.8 Å². The predicted octanol–water partition coefficient (Wildman–Crippen LogP) is 1.69. The Bertz CT molecular complexity index is 358. The van der Waals surface area contributed by atoms with Crippen LogP contribution in [0.5, 0.6) is 5.75 Å². The van der Waals surface area contributed by atoms with Crippen LogP contribution in [0.4, 0.5) is 0 Å². The van der Waals surface area contributed by atoms with E-state index in [1.165, 1.54) is 0 Å². The van der Waals surface area contributed by atoms with Crippen LogP contribution in [-0.4, -0.2) is 17.9 Å². The van der Waals surface area contributed by atoms with Gasteiger partial charge in [0.15, 0.2) is 0 Å². The number of oxime groups is 1. The summed E-state index contributed by atoms with van der Waals surface area (Å²) in [5.41, 5.74) is 3.22. The Morgan fingerprint density at radius 2 is 2.23 bits per heavy atom. The molecule has 0 fully saturated rings. The van der Waals surface area contributed by atoms with Gasteiger partial charge < -0.3 is 9.94 Å². The topological polar surface area (TPSA) is 41.8 Å². The van der Waals surface area contributed by atoms with E-state index in [2.05, 4.69) is 5.16 Å². The van der Waals surface area contributed by atoms with Crippen molar-refractivity contribution in [3.05, 3.63) is 29.3 Å². The number of fused-ring (bicyclic) bond motifs is 1. The Morgan fingerprint density at radius 1 is 1.38 bits per heavy atom. The molecule has 0 bridgehead atoms. The lowest BCUT2D eigenvalue weighted by Gasteiger charge is -1.99. The Kier molecular flexibility index (Phi) is 1.93. The first kappa shape index (κ1) is 8.10. The lowest BCUT2D eigenvalue weighted by Crippen LogP contribution is -1.94. The van der Waals surface area contributed by atoms with Gasteiger partial charge in [-0.05, 0) is 36.6 Å². The Morgan fingerprint density at radius 3 is 3.00 bits per heavy atom. The maximum atomic E-state index is 9.24. The second kappa shape index (κ2) is 3.09. The second-order valence-corrected chi connectivity index (χ2v) is 3.06. The number of hydrogen-bond donors (Lipinski definition) is 1. The van der Waals surface area contributed by atoms with Crippen LogP contribution in [0.3, 0.4) is 0 Å². The standard InChI is InChI=1S/C10H11NO2/c1-13-11-10-5-2-7-6-8(12)3-4-9(7)10/h3-4,6,12H,2,5H2,1H3. The van der Waals surface area contributed by atoms with E-state index < -0.39 is 0 Å². The lowest BCUT2D eigenvalue weighted by atomic mass is 10.1. The van der Waals surface area contributed by atoms with Crippen molar-refractivity contribution in [2.24, 2.45) is 5.16 Å². The van der Waals surface area contributed by atoms with Crippen LogP contribution in [0.1, 0.15) is 17.5 Å². The van der Waals surface area contributed by atoms with Crippen LogP contribution in [0, 0.1) is 0 Å². The van der Waals surface area contributed by atoms with Gasteiger partial charge in [-0.25, -0.2) is 0 Å². The highest BCUT2D eigenvalue weighted by molar-refractivity contribution is 6.04. The molecule has 0 atom stereocenters. The predicted molar refractivity (Wildman–Crippen MR) is 50.0 cm³/mol. The lowest BCUT2D eigenvalue weighted by molar-refractivity contribution is 0.213. The number of phenols is 1. The minimum absolute atomic E-state index is 0.317. The third kappa shape index (κ3) is 1.37. The first-order valence-electron chi connectivity index (χ1n) is 4.23. The van der Waals surface area contributed by atoms with Gasteiger partial charge in [-0.1, -0.05) is 5.16 Å². The molecule has 1 aromatic rings. The number of hydrogen-bond acceptors (Lipinski definition) is 3. The second-order valence-electron chi connectivity index (χ2n) is 3.06. The quantitative estimate of drug-likeness (QED) is 0.663. The van der Waals surface area contributed by atoms with E-state index >= 15 is 0 Å². The first-order valence-corrected chi connectivity index (χ1v) is 4.23. The highest BCUT2D eigenvalue weighted by Gasteiger charge is 2.18. The van der Waals surface area contributed by atoms with Crippen molar-refractivity contribution in [1.29, 1.82) is 0 Å². The highest BCUT2D eigenvalue weighted by Crippen LogP contribution is 2.25. The van der Waals surface area contributed by atoms with Crippen molar-refractivity contribution in [3.63, 3.8) is 0 Å². The zero-order valence-corrected chi connectivity index (χ0v) is 7.45. The van der Waals surface area contributed by atoms with Crippen molar-refractivity contribution >= 4 is 5.71 Å².